The molecule has 2 rings (SSSR count). The molecule has 0 spiro atoms. The molecule has 0 radical (unpaired) electrons. The molecule has 1 atom stereocenters. The van der Waals surface area contributed by atoms with Gasteiger partial charge in [-0.25, -0.2) is 18.4 Å². The number of primary sulfonamides is 1. The van der Waals surface area contributed by atoms with Gasteiger partial charge in [-0.2, -0.15) is 0 Å². The van der Waals surface area contributed by atoms with Crippen LogP contribution in [0.4, 0.5) is 4.79 Å². The zero-order chi connectivity index (χ0) is 15.5. The summed E-state index contributed by atoms with van der Waals surface area (Å²) in [6, 6.07) is 5.77. The molecule has 21 heavy (non-hydrogen) atoms. The van der Waals surface area contributed by atoms with E-state index in [-0.39, 0.29) is 17.0 Å². The van der Waals surface area contributed by atoms with Crippen LogP contribution in [0.5, 0.6) is 0 Å². The highest BCUT2D eigenvalue weighted by atomic mass is 32.2. The van der Waals surface area contributed by atoms with Crippen LogP contribution in [-0.4, -0.2) is 45.7 Å². The highest BCUT2D eigenvalue weighted by Crippen LogP contribution is 2.16. The van der Waals surface area contributed by atoms with Gasteiger partial charge in [-0.1, -0.05) is 12.1 Å². The van der Waals surface area contributed by atoms with Gasteiger partial charge in [0.1, 0.15) is 0 Å². The maximum Gasteiger partial charge on any atom is 0.318 e. The highest BCUT2D eigenvalue weighted by Gasteiger charge is 2.19. The summed E-state index contributed by atoms with van der Waals surface area (Å²) in [5.41, 5.74) is 0.809. The first kappa shape index (κ1) is 15.7. The molecule has 0 bridgehead atoms. The molecule has 1 heterocycles. The van der Waals surface area contributed by atoms with Gasteiger partial charge < -0.3 is 15.0 Å². The Kier molecular flexibility index (Phi) is 4.81. The van der Waals surface area contributed by atoms with E-state index in [4.69, 9.17) is 9.88 Å². The van der Waals surface area contributed by atoms with Crippen LogP contribution < -0.4 is 10.5 Å². The number of ether oxygens (including phenoxy) is 1. The topological polar surface area (TPSA) is 102 Å². The Hall–Kier alpha value is -1.64. The number of rotatable bonds is 3. The number of morpholine rings is 1. The van der Waals surface area contributed by atoms with Crippen molar-refractivity contribution in [1.29, 1.82) is 0 Å². The Morgan fingerprint density at radius 1 is 1.29 bits per heavy atom. The van der Waals surface area contributed by atoms with E-state index in [1.165, 1.54) is 12.1 Å². The van der Waals surface area contributed by atoms with Gasteiger partial charge >= 0.3 is 6.03 Å². The van der Waals surface area contributed by atoms with Crippen molar-refractivity contribution in [3.8, 4) is 0 Å². The number of carbonyl (C=O) groups excluding carboxylic acids is 1. The zero-order valence-corrected chi connectivity index (χ0v) is 12.6. The molecule has 1 aliphatic heterocycles. The molecule has 0 aliphatic carbocycles. The van der Waals surface area contributed by atoms with Crippen molar-refractivity contribution in [3.05, 3.63) is 29.8 Å². The molecule has 1 aliphatic rings. The van der Waals surface area contributed by atoms with Gasteiger partial charge in [-0.15, -0.1) is 0 Å². The normalized spacial score (nSPS) is 17.3. The van der Waals surface area contributed by atoms with E-state index in [1.807, 2.05) is 6.92 Å². The second-order valence-electron chi connectivity index (χ2n) is 4.88. The zero-order valence-electron chi connectivity index (χ0n) is 11.8. The number of sulfonamides is 1. The number of nitrogens with one attached hydrogen (secondary N) is 1. The van der Waals surface area contributed by atoms with Crippen LogP contribution in [-0.2, 0) is 14.8 Å². The Bertz CT molecular complexity index is 594. The standard InChI is InChI=1S/C13H19N3O4S/c1-10(15-13(17)16-6-8-20-9-7-16)11-2-4-12(5-3-11)21(14,18)19/h2-5,10H,6-9H2,1H3,(H,15,17)(H2,14,18,19)/t10-/m0/s1. The van der Waals surface area contributed by atoms with E-state index in [1.54, 1.807) is 17.0 Å². The first-order valence-electron chi connectivity index (χ1n) is 6.64. The van der Waals surface area contributed by atoms with E-state index >= 15 is 0 Å². The van der Waals surface area contributed by atoms with Gasteiger partial charge in [0.2, 0.25) is 10.0 Å². The van der Waals surface area contributed by atoms with E-state index < -0.39 is 10.0 Å². The van der Waals surface area contributed by atoms with Gasteiger partial charge in [-0.05, 0) is 24.6 Å². The summed E-state index contributed by atoms with van der Waals surface area (Å²) >= 11 is 0. The van der Waals surface area contributed by atoms with Crippen molar-refractivity contribution in [1.82, 2.24) is 10.2 Å². The monoisotopic (exact) mass is 313 g/mol. The van der Waals surface area contributed by atoms with Crippen molar-refractivity contribution in [2.24, 2.45) is 5.14 Å². The third-order valence-corrected chi connectivity index (χ3v) is 4.28. The quantitative estimate of drug-likeness (QED) is 0.845. The summed E-state index contributed by atoms with van der Waals surface area (Å²) in [6.45, 7) is 4.08. The van der Waals surface area contributed by atoms with Gasteiger partial charge in [0.15, 0.2) is 0 Å². The SMILES string of the molecule is C[C@H](NC(=O)N1CCOCC1)c1ccc(S(N)(=O)=O)cc1. The largest absolute Gasteiger partial charge is 0.378 e. The molecular weight excluding hydrogens is 294 g/mol. The molecule has 3 N–H and O–H groups in total. The third kappa shape index (κ3) is 4.16. The minimum atomic E-state index is -3.69. The van der Waals surface area contributed by atoms with Crippen LogP contribution in [0.1, 0.15) is 18.5 Å². The molecule has 8 heteroatoms. The first-order valence-corrected chi connectivity index (χ1v) is 8.18. The van der Waals surface area contributed by atoms with Crippen LogP contribution in [0.25, 0.3) is 0 Å². The Labute approximate surface area is 124 Å². The average molecular weight is 313 g/mol. The predicted molar refractivity (Wildman–Crippen MR) is 77.2 cm³/mol. The predicted octanol–water partition coefficient (Wildman–Crippen LogP) is 0.437. The number of nitrogens with zero attached hydrogens (tertiary/aromatic N) is 1. The number of carbonyl (C=O) groups is 1. The van der Waals surface area contributed by atoms with Gasteiger partial charge in [0.05, 0.1) is 24.2 Å². The number of hydrogen-bond acceptors (Lipinski definition) is 4. The van der Waals surface area contributed by atoms with Gasteiger partial charge in [0, 0.05) is 13.1 Å². The number of hydrogen-bond donors (Lipinski definition) is 2. The Balaban J connectivity index is 1.99. The maximum absolute atomic E-state index is 12.1. The number of benzene rings is 1. The van der Waals surface area contributed by atoms with Crippen LogP contribution in [0.3, 0.4) is 0 Å². The molecule has 0 aromatic heterocycles. The van der Waals surface area contributed by atoms with Crippen molar-refractivity contribution < 1.29 is 17.9 Å². The highest BCUT2D eigenvalue weighted by molar-refractivity contribution is 7.89. The fourth-order valence-corrected chi connectivity index (χ4v) is 2.59. The van der Waals surface area contributed by atoms with Crippen molar-refractivity contribution in [2.75, 3.05) is 26.3 Å². The summed E-state index contributed by atoms with van der Waals surface area (Å²) in [5.74, 6) is 0. The van der Waals surface area contributed by atoms with Crippen molar-refractivity contribution in [3.63, 3.8) is 0 Å². The van der Waals surface area contributed by atoms with E-state index in [0.29, 0.717) is 26.3 Å². The summed E-state index contributed by atoms with van der Waals surface area (Å²) in [6.07, 6.45) is 0. The fourth-order valence-electron chi connectivity index (χ4n) is 2.07. The van der Waals surface area contributed by atoms with E-state index in [2.05, 4.69) is 5.32 Å². The number of nitrogens with two attached hydrogens (primary N) is 1. The number of urea groups is 1. The lowest BCUT2D eigenvalue weighted by molar-refractivity contribution is 0.0526. The second-order valence-corrected chi connectivity index (χ2v) is 6.45. The Morgan fingerprint density at radius 2 is 1.86 bits per heavy atom. The van der Waals surface area contributed by atoms with Crippen LogP contribution in [0, 0.1) is 0 Å². The third-order valence-electron chi connectivity index (χ3n) is 3.35. The lowest BCUT2D eigenvalue weighted by atomic mass is 10.1. The lowest BCUT2D eigenvalue weighted by Crippen LogP contribution is -2.46. The minimum absolute atomic E-state index is 0.0537. The van der Waals surface area contributed by atoms with Crippen LogP contribution >= 0.6 is 0 Å². The molecule has 2 amide bonds. The molecule has 1 aromatic carbocycles. The van der Waals surface area contributed by atoms with Crippen LogP contribution in [0.2, 0.25) is 0 Å². The van der Waals surface area contributed by atoms with Crippen LogP contribution in [0.15, 0.2) is 29.2 Å². The Morgan fingerprint density at radius 3 is 2.38 bits per heavy atom. The second kappa shape index (κ2) is 6.42. The van der Waals surface area contributed by atoms with Gasteiger partial charge in [-0.3, -0.25) is 0 Å². The summed E-state index contributed by atoms with van der Waals surface area (Å²) < 4.78 is 27.6. The van der Waals surface area contributed by atoms with Crippen molar-refractivity contribution >= 4 is 16.1 Å². The van der Waals surface area contributed by atoms with E-state index in [0.717, 1.165) is 5.56 Å². The molecule has 1 saturated heterocycles. The van der Waals surface area contributed by atoms with Gasteiger partial charge in [0.25, 0.3) is 0 Å². The first-order chi connectivity index (χ1) is 9.88. The summed E-state index contributed by atoms with van der Waals surface area (Å²) in [5, 5.41) is 7.92. The molecular formula is C13H19N3O4S. The van der Waals surface area contributed by atoms with Crippen molar-refractivity contribution in [2.45, 2.75) is 17.9 Å². The average Bonchev–Trinajstić information content (AvgIpc) is 2.47. The summed E-state index contributed by atoms with van der Waals surface area (Å²) in [7, 11) is -3.69. The smallest absolute Gasteiger partial charge is 0.318 e. The maximum atomic E-state index is 12.1. The molecule has 7 nitrogen and oxygen atoms in total. The molecule has 1 aromatic rings. The minimum Gasteiger partial charge on any atom is -0.378 e. The molecule has 1 fully saturated rings. The summed E-state index contributed by atoms with van der Waals surface area (Å²) in [4.78, 5) is 13.8. The molecule has 0 saturated carbocycles. The lowest BCUT2D eigenvalue weighted by Gasteiger charge is -2.28. The number of amides is 2. The fraction of sp³-hybridized carbons (Fsp3) is 0.462. The van der Waals surface area contributed by atoms with E-state index in [9.17, 15) is 13.2 Å². The molecule has 0 unspecified atom stereocenters. The molecule has 116 valence electrons.